The van der Waals surface area contributed by atoms with Gasteiger partial charge in [0, 0.05) is 37.9 Å². The molecule has 0 unspecified atom stereocenters. The van der Waals surface area contributed by atoms with Crippen LogP contribution in [0, 0.1) is 0 Å². The van der Waals surface area contributed by atoms with Crippen LogP contribution in [0.3, 0.4) is 0 Å². The number of halogens is 1. The molecule has 1 rings (SSSR count). The van der Waals surface area contributed by atoms with E-state index in [2.05, 4.69) is 52.5 Å². The van der Waals surface area contributed by atoms with E-state index in [4.69, 9.17) is 0 Å². The number of guanidine groups is 1. The van der Waals surface area contributed by atoms with Crippen molar-refractivity contribution in [1.82, 2.24) is 20.5 Å². The lowest BCUT2D eigenvalue weighted by atomic mass is 10.3. The minimum atomic E-state index is 0. The van der Waals surface area contributed by atoms with E-state index >= 15 is 0 Å². The molecular formula is C17H32IN5. The van der Waals surface area contributed by atoms with Crippen LogP contribution in [-0.2, 0) is 6.42 Å². The third-order valence-corrected chi connectivity index (χ3v) is 3.39. The maximum Gasteiger partial charge on any atom is 0.191 e. The van der Waals surface area contributed by atoms with Gasteiger partial charge < -0.3 is 15.5 Å². The molecule has 0 saturated heterocycles. The van der Waals surface area contributed by atoms with Gasteiger partial charge >= 0.3 is 0 Å². The summed E-state index contributed by atoms with van der Waals surface area (Å²) in [5.74, 6) is 0.891. The van der Waals surface area contributed by atoms with Gasteiger partial charge in [-0.1, -0.05) is 19.4 Å². The zero-order valence-electron chi connectivity index (χ0n) is 14.7. The predicted molar refractivity (Wildman–Crippen MR) is 110 cm³/mol. The number of aliphatic imine (C=N–C) groups is 1. The summed E-state index contributed by atoms with van der Waals surface area (Å²) in [5, 5.41) is 6.65. The monoisotopic (exact) mass is 433 g/mol. The molecule has 0 radical (unpaired) electrons. The Morgan fingerprint density at radius 2 is 2.04 bits per heavy atom. The van der Waals surface area contributed by atoms with E-state index < -0.39 is 0 Å². The third kappa shape index (κ3) is 11.3. The average molecular weight is 433 g/mol. The topological polar surface area (TPSA) is 52.5 Å². The van der Waals surface area contributed by atoms with Crippen molar-refractivity contribution in [3.05, 3.63) is 30.1 Å². The van der Waals surface area contributed by atoms with Crippen LogP contribution in [0.5, 0.6) is 0 Å². The van der Waals surface area contributed by atoms with Crippen LogP contribution in [0.2, 0.25) is 0 Å². The van der Waals surface area contributed by atoms with E-state index in [-0.39, 0.29) is 24.0 Å². The first kappa shape index (κ1) is 22.1. The zero-order valence-corrected chi connectivity index (χ0v) is 17.0. The van der Waals surface area contributed by atoms with Crippen LogP contribution in [0.25, 0.3) is 0 Å². The Labute approximate surface area is 158 Å². The number of likely N-dealkylation sites (N-methyl/N-ethyl adjacent to an activating group) is 1. The maximum atomic E-state index is 4.63. The van der Waals surface area contributed by atoms with Crippen molar-refractivity contribution in [2.75, 3.05) is 39.8 Å². The molecule has 1 aromatic heterocycles. The largest absolute Gasteiger partial charge is 0.357 e. The highest BCUT2D eigenvalue weighted by molar-refractivity contribution is 14.0. The van der Waals surface area contributed by atoms with Crippen molar-refractivity contribution in [3.8, 4) is 0 Å². The Morgan fingerprint density at radius 1 is 1.22 bits per heavy atom. The van der Waals surface area contributed by atoms with Crippen molar-refractivity contribution in [2.45, 2.75) is 33.1 Å². The first-order valence-corrected chi connectivity index (χ1v) is 8.36. The molecule has 2 N–H and O–H groups in total. The summed E-state index contributed by atoms with van der Waals surface area (Å²) in [6.07, 6.45) is 5.23. The molecule has 0 bridgehead atoms. The molecule has 0 aromatic carbocycles. The quantitative estimate of drug-likeness (QED) is 0.338. The highest BCUT2D eigenvalue weighted by Gasteiger charge is 2.00. The molecule has 1 heterocycles. The van der Waals surface area contributed by atoms with Crippen LogP contribution in [0.15, 0.2) is 29.4 Å². The Bertz CT molecular complexity index is 411. The summed E-state index contributed by atoms with van der Waals surface area (Å²) in [6.45, 7) is 8.99. The number of hydrogen-bond acceptors (Lipinski definition) is 3. The van der Waals surface area contributed by atoms with Gasteiger partial charge in [0.05, 0.1) is 6.54 Å². The molecule has 6 heteroatoms. The molecule has 1 aromatic rings. The fraction of sp³-hybridized carbons (Fsp3) is 0.647. The minimum Gasteiger partial charge on any atom is -0.357 e. The molecule has 0 spiro atoms. The van der Waals surface area contributed by atoms with Crippen LogP contribution in [0.1, 0.15) is 32.4 Å². The third-order valence-electron chi connectivity index (χ3n) is 3.39. The second-order valence-electron chi connectivity index (χ2n) is 5.42. The van der Waals surface area contributed by atoms with Crippen LogP contribution in [0.4, 0.5) is 0 Å². The smallest absolute Gasteiger partial charge is 0.191 e. The van der Waals surface area contributed by atoms with Crippen molar-refractivity contribution < 1.29 is 0 Å². The van der Waals surface area contributed by atoms with Gasteiger partial charge in [-0.25, -0.2) is 0 Å². The van der Waals surface area contributed by atoms with Crippen LogP contribution < -0.4 is 10.6 Å². The van der Waals surface area contributed by atoms with Crippen LogP contribution >= 0.6 is 24.0 Å². The summed E-state index contributed by atoms with van der Waals surface area (Å²) in [4.78, 5) is 11.3. The SMILES string of the molecule is CCCCN(C)CCN=C(NCC)NCCc1ccccn1.I. The Balaban J connectivity index is 0.00000484. The number of nitrogens with zero attached hydrogens (tertiary/aromatic N) is 3. The molecule has 23 heavy (non-hydrogen) atoms. The zero-order chi connectivity index (χ0) is 16.0. The lowest BCUT2D eigenvalue weighted by molar-refractivity contribution is 0.337. The Kier molecular flexibility index (Phi) is 14.1. The molecule has 0 amide bonds. The fourth-order valence-electron chi connectivity index (χ4n) is 2.07. The number of nitrogens with one attached hydrogen (secondary N) is 2. The summed E-state index contributed by atoms with van der Waals surface area (Å²) in [5.41, 5.74) is 1.10. The Hall–Kier alpha value is -0.890. The Morgan fingerprint density at radius 3 is 2.70 bits per heavy atom. The first-order chi connectivity index (χ1) is 10.8. The second kappa shape index (κ2) is 14.7. The predicted octanol–water partition coefficient (Wildman–Crippen LogP) is 2.53. The second-order valence-corrected chi connectivity index (χ2v) is 5.42. The van der Waals surface area contributed by atoms with Gasteiger partial charge in [-0.15, -0.1) is 24.0 Å². The van der Waals surface area contributed by atoms with Crippen molar-refractivity contribution in [2.24, 2.45) is 4.99 Å². The van der Waals surface area contributed by atoms with Crippen molar-refractivity contribution >= 4 is 29.9 Å². The number of aromatic nitrogens is 1. The molecule has 0 fully saturated rings. The van der Waals surface area contributed by atoms with E-state index in [0.29, 0.717) is 0 Å². The van der Waals surface area contributed by atoms with E-state index in [0.717, 1.165) is 50.8 Å². The van der Waals surface area contributed by atoms with E-state index in [1.807, 2.05) is 18.3 Å². The van der Waals surface area contributed by atoms with E-state index in [1.165, 1.54) is 12.8 Å². The molecule has 0 aliphatic carbocycles. The molecule has 132 valence electrons. The van der Waals surface area contributed by atoms with E-state index in [1.54, 1.807) is 0 Å². The summed E-state index contributed by atoms with van der Waals surface area (Å²) in [7, 11) is 2.16. The molecule has 0 atom stereocenters. The molecule has 0 saturated carbocycles. The standard InChI is InChI=1S/C17H31N5.HI/c1-4-6-14-22(3)15-13-21-17(18-5-2)20-12-10-16-9-7-8-11-19-16;/h7-9,11H,4-6,10,12-15H2,1-3H3,(H2,18,20,21);1H. The minimum absolute atomic E-state index is 0. The van der Waals surface area contributed by atoms with Gasteiger partial charge in [0.2, 0.25) is 0 Å². The fourth-order valence-corrected chi connectivity index (χ4v) is 2.07. The number of pyridine rings is 1. The highest BCUT2D eigenvalue weighted by Crippen LogP contribution is 1.93. The van der Waals surface area contributed by atoms with Gasteiger partial charge in [0.1, 0.15) is 0 Å². The van der Waals surface area contributed by atoms with Gasteiger partial charge in [-0.3, -0.25) is 9.98 Å². The lowest BCUT2D eigenvalue weighted by Gasteiger charge is -2.15. The van der Waals surface area contributed by atoms with Crippen LogP contribution in [-0.4, -0.2) is 55.6 Å². The summed E-state index contributed by atoms with van der Waals surface area (Å²) < 4.78 is 0. The first-order valence-electron chi connectivity index (χ1n) is 8.36. The summed E-state index contributed by atoms with van der Waals surface area (Å²) >= 11 is 0. The number of hydrogen-bond donors (Lipinski definition) is 2. The highest BCUT2D eigenvalue weighted by atomic mass is 127. The van der Waals surface area contributed by atoms with Gasteiger partial charge in [-0.05, 0) is 39.1 Å². The van der Waals surface area contributed by atoms with Gasteiger partial charge in [0.25, 0.3) is 0 Å². The molecule has 5 nitrogen and oxygen atoms in total. The summed E-state index contributed by atoms with van der Waals surface area (Å²) in [6, 6.07) is 6.01. The maximum absolute atomic E-state index is 4.63. The molecule has 0 aliphatic heterocycles. The lowest BCUT2D eigenvalue weighted by Crippen LogP contribution is -2.39. The normalized spacial score (nSPS) is 11.2. The van der Waals surface area contributed by atoms with Crippen molar-refractivity contribution in [1.29, 1.82) is 0 Å². The number of unbranched alkanes of at least 4 members (excludes halogenated alkanes) is 1. The molecule has 0 aliphatic rings. The van der Waals surface area contributed by atoms with Crippen molar-refractivity contribution in [3.63, 3.8) is 0 Å². The van der Waals surface area contributed by atoms with E-state index in [9.17, 15) is 0 Å². The van der Waals surface area contributed by atoms with Gasteiger partial charge in [-0.2, -0.15) is 0 Å². The number of rotatable bonds is 10. The van der Waals surface area contributed by atoms with Gasteiger partial charge in [0.15, 0.2) is 5.96 Å². The average Bonchev–Trinajstić information content (AvgIpc) is 2.54. The molecular weight excluding hydrogens is 401 g/mol.